The summed E-state index contributed by atoms with van der Waals surface area (Å²) >= 11 is 0. The number of amides is 1. The highest BCUT2D eigenvalue weighted by Crippen LogP contribution is 2.46. The lowest BCUT2D eigenvalue weighted by atomic mass is 9.82. The number of ether oxygens (including phenoxy) is 1. The number of para-hydroxylation sites is 1. The Morgan fingerprint density at radius 2 is 1.75 bits per heavy atom. The molecule has 1 aliphatic rings. The summed E-state index contributed by atoms with van der Waals surface area (Å²) < 4.78 is 18.6. The van der Waals surface area contributed by atoms with Gasteiger partial charge in [-0.25, -0.2) is 4.39 Å². The number of carbonyl (C=O) groups is 1. The minimum atomic E-state index is -0.734. The molecule has 1 saturated carbocycles. The topological polar surface area (TPSA) is 38.3 Å². The lowest BCUT2D eigenvalue weighted by Gasteiger charge is -2.29. The number of methoxy groups -OCH3 is 1. The number of hydrogen-bond acceptors (Lipinski definition) is 2. The highest BCUT2D eigenvalue weighted by molar-refractivity contribution is 5.89. The molecule has 0 radical (unpaired) electrons. The number of benzene rings is 2. The fourth-order valence-corrected chi connectivity index (χ4v) is 3.04. The second-order valence-electron chi connectivity index (χ2n) is 6.87. The van der Waals surface area contributed by atoms with E-state index in [0.717, 1.165) is 24.0 Å². The van der Waals surface area contributed by atoms with Gasteiger partial charge in [0.25, 0.3) is 0 Å². The van der Waals surface area contributed by atoms with Crippen molar-refractivity contribution in [1.82, 2.24) is 5.32 Å². The standard InChI is InChI=1S/C20H22FNO2/c1-19(2,16-6-4-5-7-17(16)24-3)18(23)22-20(12-13-20)14-8-10-15(21)11-9-14/h4-11H,12-13H2,1-3H3,(H,22,23). The van der Waals surface area contributed by atoms with Crippen molar-refractivity contribution in [2.45, 2.75) is 37.6 Å². The maximum atomic E-state index is 13.2. The van der Waals surface area contributed by atoms with Gasteiger partial charge in [-0.15, -0.1) is 0 Å². The molecule has 1 amide bonds. The Labute approximate surface area is 141 Å². The number of carbonyl (C=O) groups excluding carboxylic acids is 1. The molecule has 1 N–H and O–H groups in total. The van der Waals surface area contributed by atoms with Gasteiger partial charge in [0.1, 0.15) is 11.6 Å². The quantitative estimate of drug-likeness (QED) is 0.904. The average Bonchev–Trinajstić information content (AvgIpc) is 3.36. The summed E-state index contributed by atoms with van der Waals surface area (Å²) in [6.45, 7) is 3.78. The molecule has 0 saturated heterocycles. The van der Waals surface area contributed by atoms with E-state index < -0.39 is 5.41 Å². The summed E-state index contributed by atoms with van der Waals surface area (Å²) in [5.74, 6) is 0.369. The number of rotatable bonds is 5. The molecule has 126 valence electrons. The molecule has 0 heterocycles. The van der Waals surface area contributed by atoms with Gasteiger partial charge in [-0.2, -0.15) is 0 Å². The molecular formula is C20H22FNO2. The normalized spacial score (nSPS) is 15.7. The first-order valence-electron chi connectivity index (χ1n) is 8.11. The van der Waals surface area contributed by atoms with Crippen molar-refractivity contribution in [2.24, 2.45) is 0 Å². The van der Waals surface area contributed by atoms with Gasteiger partial charge in [0, 0.05) is 5.56 Å². The summed E-state index contributed by atoms with van der Waals surface area (Å²) in [5.41, 5.74) is 0.694. The van der Waals surface area contributed by atoms with E-state index in [4.69, 9.17) is 4.74 Å². The molecule has 0 bridgehead atoms. The van der Waals surface area contributed by atoms with E-state index in [9.17, 15) is 9.18 Å². The predicted octanol–water partition coefficient (Wildman–Crippen LogP) is 3.92. The van der Waals surface area contributed by atoms with E-state index >= 15 is 0 Å². The Morgan fingerprint density at radius 1 is 1.12 bits per heavy atom. The molecule has 0 spiro atoms. The molecule has 0 aromatic heterocycles. The van der Waals surface area contributed by atoms with Gasteiger partial charge < -0.3 is 10.1 Å². The van der Waals surface area contributed by atoms with Gasteiger partial charge in [0.15, 0.2) is 0 Å². The summed E-state index contributed by atoms with van der Waals surface area (Å²) in [7, 11) is 1.60. The molecule has 24 heavy (non-hydrogen) atoms. The van der Waals surface area contributed by atoms with Crippen LogP contribution < -0.4 is 10.1 Å². The highest BCUT2D eigenvalue weighted by Gasteiger charge is 2.48. The SMILES string of the molecule is COc1ccccc1C(C)(C)C(=O)NC1(c2ccc(F)cc2)CC1. The van der Waals surface area contributed by atoms with Crippen molar-refractivity contribution in [3.63, 3.8) is 0 Å². The monoisotopic (exact) mass is 327 g/mol. The van der Waals surface area contributed by atoms with E-state index in [2.05, 4.69) is 5.32 Å². The van der Waals surface area contributed by atoms with E-state index in [0.29, 0.717) is 5.75 Å². The molecule has 1 fully saturated rings. The molecule has 0 atom stereocenters. The third-order valence-corrected chi connectivity index (χ3v) is 4.85. The number of hydrogen-bond donors (Lipinski definition) is 1. The van der Waals surface area contributed by atoms with Crippen molar-refractivity contribution < 1.29 is 13.9 Å². The second kappa shape index (κ2) is 5.93. The van der Waals surface area contributed by atoms with Gasteiger partial charge in [0.05, 0.1) is 18.1 Å². The Kier molecular flexibility index (Phi) is 4.08. The molecule has 2 aromatic rings. The van der Waals surface area contributed by atoms with Crippen molar-refractivity contribution >= 4 is 5.91 Å². The van der Waals surface area contributed by atoms with Crippen molar-refractivity contribution in [3.8, 4) is 5.75 Å². The summed E-state index contributed by atoms with van der Waals surface area (Å²) in [5, 5.41) is 3.18. The zero-order valence-electron chi connectivity index (χ0n) is 14.2. The van der Waals surface area contributed by atoms with Crippen LogP contribution in [0.4, 0.5) is 4.39 Å². The summed E-state index contributed by atoms with van der Waals surface area (Å²) in [6, 6.07) is 13.9. The fourth-order valence-electron chi connectivity index (χ4n) is 3.04. The van der Waals surface area contributed by atoms with Gasteiger partial charge in [-0.1, -0.05) is 30.3 Å². The van der Waals surface area contributed by atoms with E-state index in [1.165, 1.54) is 12.1 Å². The van der Waals surface area contributed by atoms with Crippen LogP contribution in [-0.4, -0.2) is 13.0 Å². The molecular weight excluding hydrogens is 305 g/mol. The lowest BCUT2D eigenvalue weighted by molar-refractivity contribution is -0.126. The molecule has 1 aliphatic carbocycles. The average molecular weight is 327 g/mol. The van der Waals surface area contributed by atoms with Crippen LogP contribution in [0, 0.1) is 5.82 Å². The van der Waals surface area contributed by atoms with Crippen LogP contribution in [0.2, 0.25) is 0 Å². The van der Waals surface area contributed by atoms with Gasteiger partial charge >= 0.3 is 0 Å². The first-order valence-corrected chi connectivity index (χ1v) is 8.11. The van der Waals surface area contributed by atoms with Gasteiger partial charge in [-0.3, -0.25) is 4.79 Å². The molecule has 3 rings (SSSR count). The zero-order valence-corrected chi connectivity index (χ0v) is 14.2. The molecule has 3 nitrogen and oxygen atoms in total. The molecule has 0 aliphatic heterocycles. The minimum Gasteiger partial charge on any atom is -0.496 e. The third-order valence-electron chi connectivity index (χ3n) is 4.85. The largest absolute Gasteiger partial charge is 0.496 e. The first-order chi connectivity index (χ1) is 11.4. The van der Waals surface area contributed by atoms with Crippen LogP contribution in [0.3, 0.4) is 0 Å². The Hall–Kier alpha value is -2.36. The number of halogens is 1. The van der Waals surface area contributed by atoms with Crippen molar-refractivity contribution in [3.05, 3.63) is 65.5 Å². The van der Waals surface area contributed by atoms with Crippen LogP contribution in [0.25, 0.3) is 0 Å². The third kappa shape index (κ3) is 2.88. The summed E-state index contributed by atoms with van der Waals surface area (Å²) in [4.78, 5) is 13.0. The van der Waals surface area contributed by atoms with E-state index in [1.807, 2.05) is 38.1 Å². The van der Waals surface area contributed by atoms with Crippen LogP contribution in [0.1, 0.15) is 37.8 Å². The second-order valence-corrected chi connectivity index (χ2v) is 6.87. The van der Waals surface area contributed by atoms with Gasteiger partial charge in [-0.05, 0) is 50.5 Å². The van der Waals surface area contributed by atoms with Crippen LogP contribution in [0.15, 0.2) is 48.5 Å². The molecule has 0 unspecified atom stereocenters. The van der Waals surface area contributed by atoms with Crippen molar-refractivity contribution in [2.75, 3.05) is 7.11 Å². The molecule has 4 heteroatoms. The maximum absolute atomic E-state index is 13.2. The molecule has 2 aromatic carbocycles. The Bertz CT molecular complexity index is 748. The van der Waals surface area contributed by atoms with E-state index in [-0.39, 0.29) is 17.3 Å². The predicted molar refractivity (Wildman–Crippen MR) is 91.5 cm³/mol. The Balaban J connectivity index is 1.85. The van der Waals surface area contributed by atoms with Crippen LogP contribution in [-0.2, 0) is 15.7 Å². The van der Waals surface area contributed by atoms with Crippen LogP contribution in [0.5, 0.6) is 5.75 Å². The number of nitrogens with one attached hydrogen (secondary N) is 1. The van der Waals surface area contributed by atoms with Crippen LogP contribution >= 0.6 is 0 Å². The van der Waals surface area contributed by atoms with Gasteiger partial charge in [0.2, 0.25) is 5.91 Å². The highest BCUT2D eigenvalue weighted by atomic mass is 19.1. The fraction of sp³-hybridized carbons (Fsp3) is 0.350. The smallest absolute Gasteiger partial charge is 0.230 e. The van der Waals surface area contributed by atoms with E-state index in [1.54, 1.807) is 19.2 Å². The maximum Gasteiger partial charge on any atom is 0.230 e. The minimum absolute atomic E-state index is 0.0613. The van der Waals surface area contributed by atoms with Crippen molar-refractivity contribution in [1.29, 1.82) is 0 Å². The Morgan fingerprint density at radius 3 is 2.33 bits per heavy atom. The summed E-state index contributed by atoms with van der Waals surface area (Å²) in [6.07, 6.45) is 1.73. The zero-order chi connectivity index (χ0) is 17.4. The first kappa shape index (κ1) is 16.5. The lowest BCUT2D eigenvalue weighted by Crippen LogP contribution is -2.45.